The smallest absolute Gasteiger partial charge is 0.243 e. The number of benzene rings is 2. The molecule has 0 aliphatic rings. The van der Waals surface area contributed by atoms with Crippen molar-refractivity contribution in [3.8, 4) is 0 Å². The van der Waals surface area contributed by atoms with Crippen molar-refractivity contribution in [2.24, 2.45) is 0 Å². The molecule has 1 atom stereocenters. The average Bonchev–Trinajstić information content (AvgIpc) is 2.64. The third kappa shape index (κ3) is 5.62. The zero-order valence-electron chi connectivity index (χ0n) is 16.2. The van der Waals surface area contributed by atoms with Gasteiger partial charge in [0.05, 0.1) is 12.6 Å². The Hall–Kier alpha value is -2.73. The van der Waals surface area contributed by atoms with Crippen LogP contribution < -0.4 is 10.6 Å². The number of nitrogens with one attached hydrogen (secondary N) is 2. The molecule has 0 saturated heterocycles. The van der Waals surface area contributed by atoms with E-state index < -0.39 is 6.04 Å². The molecule has 2 amide bonds. The molecule has 0 radical (unpaired) electrons. The van der Waals surface area contributed by atoms with Crippen molar-refractivity contribution in [3.63, 3.8) is 0 Å². The lowest BCUT2D eigenvalue weighted by Gasteiger charge is -2.24. The number of carbonyl (C=O) groups excluding carboxylic acids is 2. The van der Waals surface area contributed by atoms with Crippen molar-refractivity contribution >= 4 is 17.5 Å². The first-order chi connectivity index (χ1) is 12.8. The average molecular weight is 371 g/mol. The van der Waals surface area contributed by atoms with Crippen LogP contribution in [0.3, 0.4) is 0 Å². The SMILES string of the molecule is Cc1cccc(C)c1NC(=O)CNC(=O)C(C)N(C)Cc1ccccc1F. The number of halogens is 1. The van der Waals surface area contributed by atoms with Crippen molar-refractivity contribution < 1.29 is 14.0 Å². The van der Waals surface area contributed by atoms with E-state index in [-0.39, 0.29) is 24.2 Å². The van der Waals surface area contributed by atoms with Gasteiger partial charge < -0.3 is 10.6 Å². The van der Waals surface area contributed by atoms with Gasteiger partial charge in [-0.15, -0.1) is 0 Å². The molecule has 2 rings (SSSR count). The van der Waals surface area contributed by atoms with Crippen molar-refractivity contribution in [1.82, 2.24) is 10.2 Å². The molecule has 0 spiro atoms. The number of amides is 2. The number of aryl methyl sites for hydroxylation is 2. The Morgan fingerprint density at radius 2 is 1.70 bits per heavy atom. The Labute approximate surface area is 159 Å². The van der Waals surface area contributed by atoms with Gasteiger partial charge in [-0.3, -0.25) is 14.5 Å². The molecule has 6 heteroatoms. The first kappa shape index (κ1) is 20.6. The zero-order chi connectivity index (χ0) is 20.0. The third-order valence-electron chi connectivity index (χ3n) is 4.59. The highest BCUT2D eigenvalue weighted by Crippen LogP contribution is 2.19. The second-order valence-electron chi connectivity index (χ2n) is 6.72. The van der Waals surface area contributed by atoms with Crippen LogP contribution in [-0.4, -0.2) is 36.3 Å². The summed E-state index contributed by atoms with van der Waals surface area (Å²) in [5.41, 5.74) is 3.22. The van der Waals surface area contributed by atoms with Crippen LogP contribution in [0.4, 0.5) is 10.1 Å². The molecule has 0 aromatic heterocycles. The lowest BCUT2D eigenvalue weighted by Crippen LogP contribution is -2.45. The molecule has 5 nitrogen and oxygen atoms in total. The van der Waals surface area contributed by atoms with Crippen LogP contribution in [0.5, 0.6) is 0 Å². The Morgan fingerprint density at radius 3 is 2.33 bits per heavy atom. The van der Waals surface area contributed by atoms with E-state index >= 15 is 0 Å². The number of likely N-dealkylation sites (N-methyl/N-ethyl adjacent to an activating group) is 1. The minimum Gasteiger partial charge on any atom is -0.346 e. The van der Waals surface area contributed by atoms with Gasteiger partial charge in [-0.1, -0.05) is 36.4 Å². The van der Waals surface area contributed by atoms with Gasteiger partial charge in [0.15, 0.2) is 0 Å². The molecule has 0 aliphatic heterocycles. The molecule has 2 N–H and O–H groups in total. The predicted octanol–water partition coefficient (Wildman–Crippen LogP) is 3.02. The zero-order valence-corrected chi connectivity index (χ0v) is 16.2. The highest BCUT2D eigenvalue weighted by Gasteiger charge is 2.19. The molecule has 1 unspecified atom stereocenters. The van der Waals surface area contributed by atoms with Crippen LogP contribution in [0.25, 0.3) is 0 Å². The number of nitrogens with zero attached hydrogens (tertiary/aromatic N) is 1. The fourth-order valence-corrected chi connectivity index (χ4v) is 2.74. The summed E-state index contributed by atoms with van der Waals surface area (Å²) in [6.07, 6.45) is 0. The molecule has 0 saturated carbocycles. The number of carbonyl (C=O) groups is 2. The second-order valence-corrected chi connectivity index (χ2v) is 6.72. The summed E-state index contributed by atoms with van der Waals surface area (Å²) in [5, 5.41) is 5.47. The lowest BCUT2D eigenvalue weighted by atomic mass is 10.1. The van der Waals surface area contributed by atoms with E-state index in [2.05, 4.69) is 10.6 Å². The first-order valence-corrected chi connectivity index (χ1v) is 8.87. The molecule has 27 heavy (non-hydrogen) atoms. The maximum Gasteiger partial charge on any atom is 0.243 e. The first-order valence-electron chi connectivity index (χ1n) is 8.87. The molecule has 0 bridgehead atoms. The predicted molar refractivity (Wildman–Crippen MR) is 105 cm³/mol. The summed E-state index contributed by atoms with van der Waals surface area (Å²) in [5.74, 6) is -0.875. The molecule has 144 valence electrons. The van der Waals surface area contributed by atoms with Crippen molar-refractivity contribution in [2.45, 2.75) is 33.4 Å². The molecular weight excluding hydrogens is 345 g/mol. The Morgan fingerprint density at radius 1 is 1.07 bits per heavy atom. The van der Waals surface area contributed by atoms with Gasteiger partial charge in [0, 0.05) is 17.8 Å². The summed E-state index contributed by atoms with van der Waals surface area (Å²) >= 11 is 0. The maximum absolute atomic E-state index is 13.8. The van der Waals surface area contributed by atoms with E-state index in [4.69, 9.17) is 0 Å². The molecule has 0 heterocycles. The largest absolute Gasteiger partial charge is 0.346 e. The van der Waals surface area contributed by atoms with E-state index in [1.54, 1.807) is 37.1 Å². The number of hydrogen-bond donors (Lipinski definition) is 2. The van der Waals surface area contributed by atoms with Gasteiger partial charge in [-0.2, -0.15) is 0 Å². The van der Waals surface area contributed by atoms with Crippen LogP contribution in [0.2, 0.25) is 0 Å². The normalized spacial score (nSPS) is 11.9. The number of hydrogen-bond acceptors (Lipinski definition) is 3. The van der Waals surface area contributed by atoms with Crippen molar-refractivity contribution in [2.75, 3.05) is 18.9 Å². The number of rotatable bonds is 7. The van der Waals surface area contributed by atoms with Crippen LogP contribution in [0, 0.1) is 19.7 Å². The summed E-state index contributed by atoms with van der Waals surface area (Å²) in [7, 11) is 1.74. The summed E-state index contributed by atoms with van der Waals surface area (Å²) in [6, 6.07) is 11.7. The molecule has 0 aliphatic carbocycles. The van der Waals surface area contributed by atoms with E-state index in [0.29, 0.717) is 12.1 Å². The van der Waals surface area contributed by atoms with E-state index in [9.17, 15) is 14.0 Å². The van der Waals surface area contributed by atoms with Crippen LogP contribution >= 0.6 is 0 Å². The standard InChI is InChI=1S/C21H26FN3O2/c1-14-8-7-9-15(2)20(14)24-19(26)12-23-21(27)16(3)25(4)13-17-10-5-6-11-18(17)22/h5-11,16H,12-13H2,1-4H3,(H,23,27)(H,24,26). The summed E-state index contributed by atoms with van der Waals surface area (Å²) < 4.78 is 13.8. The third-order valence-corrected chi connectivity index (χ3v) is 4.59. The maximum atomic E-state index is 13.8. The van der Waals surface area contributed by atoms with Crippen LogP contribution in [0.15, 0.2) is 42.5 Å². The quantitative estimate of drug-likeness (QED) is 0.787. The van der Waals surface area contributed by atoms with Gasteiger partial charge in [0.2, 0.25) is 11.8 Å². The lowest BCUT2D eigenvalue weighted by molar-refractivity contribution is -0.127. The Balaban J connectivity index is 1.87. The number of para-hydroxylation sites is 1. The van der Waals surface area contributed by atoms with Crippen molar-refractivity contribution in [1.29, 1.82) is 0 Å². The molecule has 2 aromatic carbocycles. The van der Waals surface area contributed by atoms with Crippen molar-refractivity contribution in [3.05, 3.63) is 65.0 Å². The van der Waals surface area contributed by atoms with E-state index in [1.165, 1.54) is 6.07 Å². The summed E-state index contributed by atoms with van der Waals surface area (Å²) in [4.78, 5) is 26.2. The Kier molecular flexibility index (Phi) is 7.07. The van der Waals surface area contributed by atoms with Crippen LogP contribution in [-0.2, 0) is 16.1 Å². The van der Waals surface area contributed by atoms with E-state index in [0.717, 1.165) is 16.8 Å². The Bertz CT molecular complexity index is 803. The molecule has 2 aromatic rings. The van der Waals surface area contributed by atoms with Crippen LogP contribution in [0.1, 0.15) is 23.6 Å². The van der Waals surface area contributed by atoms with Gasteiger partial charge >= 0.3 is 0 Å². The minimum atomic E-state index is -0.502. The van der Waals surface area contributed by atoms with Gasteiger partial charge in [-0.05, 0) is 45.0 Å². The number of anilines is 1. The van der Waals surface area contributed by atoms with Gasteiger partial charge in [-0.25, -0.2) is 4.39 Å². The molecular formula is C21H26FN3O2. The second kappa shape index (κ2) is 9.28. The van der Waals surface area contributed by atoms with Gasteiger partial charge in [0.1, 0.15) is 5.82 Å². The minimum absolute atomic E-state index is 0.121. The fraction of sp³-hybridized carbons (Fsp3) is 0.333. The highest BCUT2D eigenvalue weighted by molar-refractivity contribution is 5.96. The highest BCUT2D eigenvalue weighted by atomic mass is 19.1. The monoisotopic (exact) mass is 371 g/mol. The van der Waals surface area contributed by atoms with E-state index in [1.807, 2.05) is 32.0 Å². The topological polar surface area (TPSA) is 61.4 Å². The summed E-state index contributed by atoms with van der Waals surface area (Å²) in [6.45, 7) is 5.74. The molecule has 0 fully saturated rings. The van der Waals surface area contributed by atoms with Gasteiger partial charge in [0.25, 0.3) is 0 Å². The fourth-order valence-electron chi connectivity index (χ4n) is 2.74.